The lowest BCUT2D eigenvalue weighted by Gasteiger charge is -2.12. The molecule has 0 saturated carbocycles. The third-order valence-corrected chi connectivity index (χ3v) is 8.67. The number of amides is 2. The molecule has 0 radical (unpaired) electrons. The summed E-state index contributed by atoms with van der Waals surface area (Å²) in [6.45, 7) is 1.96. The number of anilines is 1. The predicted octanol–water partition coefficient (Wildman–Crippen LogP) is 4.80. The summed E-state index contributed by atoms with van der Waals surface area (Å²) in [4.78, 5) is 34.0. The Labute approximate surface area is 234 Å². The van der Waals surface area contributed by atoms with Crippen molar-refractivity contribution in [3.8, 4) is 16.3 Å². The van der Waals surface area contributed by atoms with Crippen LogP contribution in [0.25, 0.3) is 10.6 Å². The number of fused-ring (bicyclic) bond motifs is 2. The largest absolute Gasteiger partial charge is 0.606 e. The van der Waals surface area contributed by atoms with Gasteiger partial charge in [-0.05, 0) is 75.1 Å². The van der Waals surface area contributed by atoms with Crippen LogP contribution in [-0.4, -0.2) is 53.5 Å². The maximum Gasteiger partial charge on any atom is 0.260 e. The molecular formula is C29H28N4O4S2. The zero-order valence-electron chi connectivity index (χ0n) is 21.6. The van der Waals surface area contributed by atoms with Crippen LogP contribution in [0.1, 0.15) is 32.0 Å². The van der Waals surface area contributed by atoms with E-state index in [4.69, 9.17) is 4.74 Å². The number of nitrogens with zero attached hydrogens (tertiary/aromatic N) is 2. The molecule has 2 amide bonds. The summed E-state index contributed by atoms with van der Waals surface area (Å²) in [7, 11) is 4.09. The molecule has 1 atom stereocenters. The first-order valence-electron chi connectivity index (χ1n) is 12.5. The molecule has 1 aliphatic heterocycles. The molecule has 0 spiro atoms. The van der Waals surface area contributed by atoms with Crippen LogP contribution < -0.4 is 15.4 Å². The predicted molar refractivity (Wildman–Crippen MR) is 153 cm³/mol. The van der Waals surface area contributed by atoms with Crippen molar-refractivity contribution in [1.82, 2.24) is 15.2 Å². The van der Waals surface area contributed by atoms with E-state index < -0.39 is 11.2 Å². The van der Waals surface area contributed by atoms with E-state index in [1.807, 2.05) is 38.4 Å². The van der Waals surface area contributed by atoms with Gasteiger partial charge in [0.1, 0.15) is 10.8 Å². The average molecular weight is 561 g/mol. The van der Waals surface area contributed by atoms with Gasteiger partial charge < -0.3 is 24.8 Å². The fourth-order valence-corrected chi connectivity index (χ4v) is 6.27. The number of rotatable bonds is 9. The highest BCUT2D eigenvalue weighted by Gasteiger charge is 2.30. The highest BCUT2D eigenvalue weighted by molar-refractivity contribution is 7.91. The molecule has 1 aromatic heterocycles. The molecule has 5 rings (SSSR count). The first kappa shape index (κ1) is 26.9. The maximum atomic E-state index is 13.1. The number of hydrogen-bond donors (Lipinski definition) is 2. The van der Waals surface area contributed by atoms with Crippen molar-refractivity contribution in [2.24, 2.45) is 0 Å². The minimum absolute atomic E-state index is 0.301. The summed E-state index contributed by atoms with van der Waals surface area (Å²) in [6, 6.07) is 19.5. The molecule has 1 unspecified atom stereocenters. The highest BCUT2D eigenvalue weighted by Crippen LogP contribution is 2.34. The Balaban J connectivity index is 1.19. The van der Waals surface area contributed by atoms with Crippen molar-refractivity contribution < 1.29 is 18.9 Å². The van der Waals surface area contributed by atoms with Gasteiger partial charge in [0.15, 0.2) is 9.79 Å². The number of hydrogen-bond acceptors (Lipinski definition) is 7. The maximum absolute atomic E-state index is 13.1. The summed E-state index contributed by atoms with van der Waals surface area (Å²) in [5.41, 5.74) is 2.07. The van der Waals surface area contributed by atoms with Crippen molar-refractivity contribution in [2.45, 2.75) is 22.8 Å². The second-order valence-corrected chi connectivity index (χ2v) is 11.8. The molecule has 8 nitrogen and oxygen atoms in total. The van der Waals surface area contributed by atoms with Gasteiger partial charge in [0, 0.05) is 39.9 Å². The molecule has 0 aliphatic carbocycles. The van der Waals surface area contributed by atoms with Crippen LogP contribution in [0.3, 0.4) is 0 Å². The summed E-state index contributed by atoms with van der Waals surface area (Å²) in [5.74, 6) is 0.174. The van der Waals surface area contributed by atoms with Gasteiger partial charge >= 0.3 is 0 Å². The Morgan fingerprint density at radius 1 is 1.10 bits per heavy atom. The minimum atomic E-state index is -1.54. The van der Waals surface area contributed by atoms with E-state index in [1.54, 1.807) is 48.7 Å². The van der Waals surface area contributed by atoms with Gasteiger partial charge in [0.2, 0.25) is 0 Å². The van der Waals surface area contributed by atoms with Crippen molar-refractivity contribution in [2.75, 3.05) is 32.6 Å². The van der Waals surface area contributed by atoms with Gasteiger partial charge in [-0.15, -0.1) is 11.3 Å². The summed E-state index contributed by atoms with van der Waals surface area (Å²) in [5, 5.41) is 6.55. The number of thiazole rings is 1. The lowest BCUT2D eigenvalue weighted by Crippen LogP contribution is -2.22. The van der Waals surface area contributed by atoms with E-state index >= 15 is 0 Å². The smallest absolute Gasteiger partial charge is 0.260 e. The molecule has 3 aromatic carbocycles. The highest BCUT2D eigenvalue weighted by atomic mass is 32.2. The van der Waals surface area contributed by atoms with Crippen LogP contribution in [0.4, 0.5) is 5.69 Å². The number of benzene rings is 3. The SMILES string of the molecule is CN(C)CCCOc1ccc(-c2ncc(CNC(=O)c3ccc4c(c3)NC(=O)c3ccccc3[S+]4[O-])s2)cc1. The Hall–Kier alpha value is -3.70. The Bertz CT molecular complexity index is 1490. The first-order chi connectivity index (χ1) is 18.9. The normalized spacial score (nSPS) is 14.3. The second-order valence-electron chi connectivity index (χ2n) is 9.27. The topological polar surface area (TPSA) is 107 Å². The molecule has 2 N–H and O–H groups in total. The fourth-order valence-electron chi connectivity index (χ4n) is 4.11. The Morgan fingerprint density at radius 2 is 1.90 bits per heavy atom. The van der Waals surface area contributed by atoms with Gasteiger partial charge in [-0.2, -0.15) is 0 Å². The molecule has 10 heteroatoms. The number of carbonyl (C=O) groups excluding carboxylic acids is 2. The van der Waals surface area contributed by atoms with Crippen LogP contribution >= 0.6 is 11.3 Å². The molecule has 0 fully saturated rings. The molecular weight excluding hydrogens is 532 g/mol. The van der Waals surface area contributed by atoms with Crippen LogP contribution in [-0.2, 0) is 17.7 Å². The first-order valence-corrected chi connectivity index (χ1v) is 14.4. The molecule has 1 aliphatic rings. The Kier molecular flexibility index (Phi) is 8.27. The van der Waals surface area contributed by atoms with Gasteiger partial charge in [0.05, 0.1) is 24.4 Å². The van der Waals surface area contributed by atoms with E-state index in [2.05, 4.69) is 20.5 Å². The lowest BCUT2D eigenvalue weighted by molar-refractivity contribution is 0.0949. The molecule has 2 heterocycles. The van der Waals surface area contributed by atoms with Crippen LogP contribution in [0.2, 0.25) is 0 Å². The second kappa shape index (κ2) is 12.0. The van der Waals surface area contributed by atoms with Crippen molar-refractivity contribution >= 4 is 40.0 Å². The van der Waals surface area contributed by atoms with E-state index in [1.165, 1.54) is 11.3 Å². The third-order valence-electron chi connectivity index (χ3n) is 6.12. The summed E-state index contributed by atoms with van der Waals surface area (Å²) in [6.07, 6.45) is 2.72. The minimum Gasteiger partial charge on any atom is -0.606 e. The van der Waals surface area contributed by atoms with Crippen molar-refractivity contribution in [1.29, 1.82) is 0 Å². The van der Waals surface area contributed by atoms with Gasteiger partial charge in [-0.1, -0.05) is 12.1 Å². The zero-order valence-corrected chi connectivity index (χ0v) is 23.2. The van der Waals surface area contributed by atoms with Gasteiger partial charge in [0.25, 0.3) is 11.8 Å². The van der Waals surface area contributed by atoms with E-state index in [9.17, 15) is 14.1 Å². The number of nitrogens with one attached hydrogen (secondary N) is 2. The molecule has 0 bridgehead atoms. The zero-order chi connectivity index (χ0) is 27.4. The van der Waals surface area contributed by atoms with E-state index in [0.717, 1.165) is 34.2 Å². The lowest BCUT2D eigenvalue weighted by atomic mass is 10.1. The van der Waals surface area contributed by atoms with Crippen molar-refractivity contribution in [3.05, 3.63) is 88.9 Å². The fraction of sp³-hybridized carbons (Fsp3) is 0.207. The van der Waals surface area contributed by atoms with Gasteiger partial charge in [-0.25, -0.2) is 4.98 Å². The molecule has 200 valence electrons. The van der Waals surface area contributed by atoms with E-state index in [0.29, 0.717) is 39.8 Å². The quantitative estimate of drug-likeness (QED) is 0.225. The van der Waals surface area contributed by atoms with Crippen molar-refractivity contribution in [3.63, 3.8) is 0 Å². The average Bonchev–Trinajstić information content (AvgIpc) is 3.39. The van der Waals surface area contributed by atoms with Crippen LogP contribution in [0.5, 0.6) is 5.75 Å². The monoisotopic (exact) mass is 560 g/mol. The third kappa shape index (κ3) is 6.31. The standard InChI is InChI=1S/C29H28N4O4S2/c1-33(2)14-5-15-37-21-11-8-19(9-12-21)29-31-18-22(38-29)17-30-27(34)20-10-13-26-24(16-20)32-28(35)23-6-3-4-7-25(23)39(26)36/h3-4,6-13,16,18H,5,14-15,17H2,1-2H3,(H,30,34)(H,32,35). The Morgan fingerprint density at radius 3 is 2.69 bits per heavy atom. The molecule has 4 aromatic rings. The van der Waals surface area contributed by atoms with Gasteiger partial charge in [-0.3, -0.25) is 9.59 Å². The molecule has 0 saturated heterocycles. The number of ether oxygens (including phenoxy) is 1. The molecule has 39 heavy (non-hydrogen) atoms. The number of aromatic nitrogens is 1. The van der Waals surface area contributed by atoms with Crippen LogP contribution in [0.15, 0.2) is 82.7 Å². The van der Waals surface area contributed by atoms with Crippen LogP contribution in [0, 0.1) is 0 Å². The number of carbonyl (C=O) groups is 2. The summed E-state index contributed by atoms with van der Waals surface area (Å²) < 4.78 is 18.9. The summed E-state index contributed by atoms with van der Waals surface area (Å²) >= 11 is -0.0322. The van der Waals surface area contributed by atoms with E-state index in [-0.39, 0.29) is 11.8 Å².